The van der Waals surface area contributed by atoms with Gasteiger partial charge in [0.05, 0.1) is 11.9 Å². The van der Waals surface area contributed by atoms with Gasteiger partial charge in [0.15, 0.2) is 0 Å². The molecule has 0 fully saturated rings. The average molecular weight is 409 g/mol. The second kappa shape index (κ2) is 9.39. The van der Waals surface area contributed by atoms with E-state index in [1.807, 2.05) is 60.7 Å². The highest BCUT2D eigenvalue weighted by molar-refractivity contribution is 7.92. The van der Waals surface area contributed by atoms with E-state index in [2.05, 4.69) is 5.32 Å². The number of carbonyl (C=O) groups is 1. The fourth-order valence-electron chi connectivity index (χ4n) is 3.14. The monoisotopic (exact) mass is 408 g/mol. The van der Waals surface area contributed by atoms with Crippen molar-refractivity contribution in [2.45, 2.75) is 12.8 Å². The number of hydrogen-bond donors (Lipinski definition) is 1. The van der Waals surface area contributed by atoms with E-state index in [4.69, 9.17) is 0 Å². The smallest absolute Gasteiger partial charge is 0.232 e. The summed E-state index contributed by atoms with van der Waals surface area (Å²) in [4.78, 5) is 12.5. The Morgan fingerprint density at radius 3 is 2.10 bits per heavy atom. The highest BCUT2D eigenvalue weighted by Crippen LogP contribution is 2.27. The number of carbonyl (C=O) groups excluding carboxylic acids is 1. The average Bonchev–Trinajstić information content (AvgIpc) is 2.72. The van der Waals surface area contributed by atoms with E-state index >= 15 is 0 Å². The van der Waals surface area contributed by atoms with E-state index in [0.29, 0.717) is 12.1 Å². The van der Waals surface area contributed by atoms with Crippen LogP contribution in [0.4, 0.5) is 11.4 Å². The zero-order valence-electron chi connectivity index (χ0n) is 16.3. The third-order valence-electron chi connectivity index (χ3n) is 4.50. The van der Waals surface area contributed by atoms with E-state index in [0.717, 1.165) is 16.8 Å². The lowest BCUT2D eigenvalue weighted by molar-refractivity contribution is -0.116. The normalized spacial score (nSPS) is 11.1. The molecule has 0 saturated heterocycles. The van der Waals surface area contributed by atoms with Crippen molar-refractivity contribution in [1.82, 2.24) is 0 Å². The molecule has 0 heterocycles. The molecule has 0 aliphatic rings. The number of nitrogens with zero attached hydrogens (tertiary/aromatic N) is 1. The topological polar surface area (TPSA) is 66.5 Å². The molecule has 0 unspecified atom stereocenters. The van der Waals surface area contributed by atoms with Crippen LogP contribution in [0.1, 0.15) is 12.8 Å². The van der Waals surface area contributed by atoms with Crippen molar-refractivity contribution in [3.05, 3.63) is 84.9 Å². The van der Waals surface area contributed by atoms with Crippen molar-refractivity contribution in [2.24, 2.45) is 0 Å². The second-order valence-electron chi connectivity index (χ2n) is 6.73. The van der Waals surface area contributed by atoms with Gasteiger partial charge in [0, 0.05) is 24.2 Å². The molecular weight excluding hydrogens is 384 g/mol. The Morgan fingerprint density at radius 2 is 1.45 bits per heavy atom. The van der Waals surface area contributed by atoms with Crippen molar-refractivity contribution in [3.8, 4) is 11.1 Å². The van der Waals surface area contributed by atoms with Crippen LogP contribution in [-0.2, 0) is 14.8 Å². The number of amides is 1. The van der Waals surface area contributed by atoms with Gasteiger partial charge in [-0.2, -0.15) is 0 Å². The van der Waals surface area contributed by atoms with Gasteiger partial charge in [-0.15, -0.1) is 0 Å². The fourth-order valence-corrected chi connectivity index (χ4v) is 4.10. The van der Waals surface area contributed by atoms with Gasteiger partial charge in [0.1, 0.15) is 0 Å². The first-order valence-electron chi connectivity index (χ1n) is 9.42. The highest BCUT2D eigenvalue weighted by atomic mass is 32.2. The predicted octanol–water partition coefficient (Wildman–Crippen LogP) is 4.54. The minimum absolute atomic E-state index is 0.144. The van der Waals surface area contributed by atoms with Crippen LogP contribution in [0.15, 0.2) is 84.9 Å². The number of rotatable bonds is 8. The molecule has 29 heavy (non-hydrogen) atoms. The molecule has 0 radical (unpaired) electrons. The third kappa shape index (κ3) is 5.68. The van der Waals surface area contributed by atoms with Gasteiger partial charge < -0.3 is 5.32 Å². The molecule has 0 aliphatic heterocycles. The lowest BCUT2D eigenvalue weighted by Gasteiger charge is -2.22. The van der Waals surface area contributed by atoms with E-state index in [9.17, 15) is 13.2 Å². The Bertz CT molecular complexity index is 1050. The summed E-state index contributed by atoms with van der Waals surface area (Å²) in [6.45, 7) is 0.247. The molecule has 0 aliphatic carbocycles. The van der Waals surface area contributed by atoms with Gasteiger partial charge in [-0.1, -0.05) is 66.7 Å². The summed E-state index contributed by atoms with van der Waals surface area (Å²) in [5.74, 6) is -0.144. The molecule has 0 saturated carbocycles. The number of anilines is 2. The maximum absolute atomic E-state index is 12.5. The maximum atomic E-state index is 12.5. The van der Waals surface area contributed by atoms with E-state index in [1.165, 1.54) is 10.6 Å². The fraction of sp³-hybridized carbons (Fsp3) is 0.174. The Hall–Kier alpha value is -3.12. The molecular formula is C23H24N2O3S. The molecule has 0 atom stereocenters. The lowest BCUT2D eigenvalue weighted by Crippen LogP contribution is -2.31. The van der Waals surface area contributed by atoms with Crippen LogP contribution in [0.25, 0.3) is 11.1 Å². The zero-order valence-corrected chi connectivity index (χ0v) is 17.1. The number of benzene rings is 3. The molecule has 3 aromatic carbocycles. The third-order valence-corrected chi connectivity index (χ3v) is 5.69. The molecule has 150 valence electrons. The second-order valence-corrected chi connectivity index (χ2v) is 8.64. The zero-order chi connectivity index (χ0) is 20.7. The number of nitrogens with one attached hydrogen (secondary N) is 1. The molecule has 0 spiro atoms. The van der Waals surface area contributed by atoms with Gasteiger partial charge in [-0.05, 0) is 30.2 Å². The summed E-state index contributed by atoms with van der Waals surface area (Å²) in [7, 11) is -3.42. The van der Waals surface area contributed by atoms with Gasteiger partial charge >= 0.3 is 0 Å². The summed E-state index contributed by atoms with van der Waals surface area (Å²) in [5, 5.41) is 2.95. The minimum atomic E-state index is -3.42. The maximum Gasteiger partial charge on any atom is 0.232 e. The van der Waals surface area contributed by atoms with Crippen LogP contribution >= 0.6 is 0 Å². The molecule has 5 nitrogen and oxygen atoms in total. The van der Waals surface area contributed by atoms with Crippen molar-refractivity contribution >= 4 is 27.3 Å². The summed E-state index contributed by atoms with van der Waals surface area (Å²) < 4.78 is 25.6. The molecule has 0 bridgehead atoms. The molecule has 1 amide bonds. The first kappa shape index (κ1) is 20.6. The lowest BCUT2D eigenvalue weighted by atomic mass is 10.0. The molecule has 3 aromatic rings. The van der Waals surface area contributed by atoms with E-state index < -0.39 is 10.0 Å². The SMILES string of the molecule is CS(=O)(=O)N(CCCC(=O)Nc1ccccc1-c1ccccc1)c1ccccc1. The first-order valence-corrected chi connectivity index (χ1v) is 11.3. The Labute approximate surface area is 172 Å². The minimum Gasteiger partial charge on any atom is -0.326 e. The van der Waals surface area contributed by atoms with Gasteiger partial charge in [0.25, 0.3) is 0 Å². The summed E-state index contributed by atoms with van der Waals surface area (Å²) in [6.07, 6.45) is 1.82. The first-order chi connectivity index (χ1) is 13.9. The van der Waals surface area contributed by atoms with Crippen LogP contribution < -0.4 is 9.62 Å². The summed E-state index contributed by atoms with van der Waals surface area (Å²) in [6, 6.07) is 26.4. The van der Waals surface area contributed by atoms with Crippen LogP contribution in [0.3, 0.4) is 0 Å². The quantitative estimate of drug-likeness (QED) is 0.595. The number of hydrogen-bond acceptors (Lipinski definition) is 3. The highest BCUT2D eigenvalue weighted by Gasteiger charge is 2.17. The van der Waals surface area contributed by atoms with Crippen molar-refractivity contribution < 1.29 is 13.2 Å². The Kier molecular flexibility index (Phi) is 6.67. The molecule has 0 aromatic heterocycles. The van der Waals surface area contributed by atoms with Crippen LogP contribution in [0.5, 0.6) is 0 Å². The van der Waals surface area contributed by atoms with Crippen molar-refractivity contribution in [3.63, 3.8) is 0 Å². The standard InChI is InChI=1S/C23H24N2O3S/c1-29(27,28)25(20-13-6-3-7-14-20)18-10-17-23(26)24-22-16-9-8-15-21(22)19-11-4-2-5-12-19/h2-9,11-16H,10,17-18H2,1H3,(H,24,26). The molecule has 1 N–H and O–H groups in total. The van der Waals surface area contributed by atoms with Gasteiger partial charge in [-0.3, -0.25) is 9.10 Å². The van der Waals surface area contributed by atoms with Crippen molar-refractivity contribution in [2.75, 3.05) is 22.4 Å². The summed E-state index contributed by atoms with van der Waals surface area (Å²) in [5.41, 5.74) is 3.32. The Balaban J connectivity index is 1.64. The van der Waals surface area contributed by atoms with Crippen LogP contribution in [0, 0.1) is 0 Å². The van der Waals surface area contributed by atoms with Crippen LogP contribution in [-0.4, -0.2) is 27.1 Å². The number of sulfonamides is 1. The molecule has 6 heteroatoms. The largest absolute Gasteiger partial charge is 0.326 e. The summed E-state index contributed by atoms with van der Waals surface area (Å²) >= 11 is 0. The number of para-hydroxylation sites is 2. The van der Waals surface area contributed by atoms with E-state index in [-0.39, 0.29) is 18.9 Å². The van der Waals surface area contributed by atoms with Gasteiger partial charge in [0.2, 0.25) is 15.9 Å². The Morgan fingerprint density at radius 1 is 0.862 bits per heavy atom. The van der Waals surface area contributed by atoms with Crippen molar-refractivity contribution in [1.29, 1.82) is 0 Å². The predicted molar refractivity (Wildman–Crippen MR) is 118 cm³/mol. The molecule has 3 rings (SSSR count). The van der Waals surface area contributed by atoms with Gasteiger partial charge in [-0.25, -0.2) is 8.42 Å². The van der Waals surface area contributed by atoms with Crippen LogP contribution in [0.2, 0.25) is 0 Å². The van der Waals surface area contributed by atoms with E-state index in [1.54, 1.807) is 24.3 Å².